The molecule has 1 aliphatic heterocycles. The first kappa shape index (κ1) is 16.0. The summed E-state index contributed by atoms with van der Waals surface area (Å²) in [6, 6.07) is 5.48. The van der Waals surface area contributed by atoms with Crippen molar-refractivity contribution in [2.75, 3.05) is 6.98 Å². The number of benzene rings is 2. The van der Waals surface area contributed by atoms with E-state index < -0.39 is 41.9 Å². The quantitative estimate of drug-likeness (QED) is 0.653. The van der Waals surface area contributed by atoms with Gasteiger partial charge in [0.25, 0.3) is 5.91 Å². The zero-order valence-electron chi connectivity index (χ0n) is 17.7. The van der Waals surface area contributed by atoms with E-state index in [2.05, 4.69) is 15.1 Å². The first-order valence-electron chi connectivity index (χ1n) is 9.78. The fourth-order valence-corrected chi connectivity index (χ4v) is 3.50. The second-order valence-corrected chi connectivity index (χ2v) is 6.95. The summed E-state index contributed by atoms with van der Waals surface area (Å²) >= 11 is 12.6. The highest BCUT2D eigenvalue weighted by atomic mass is 35.5. The molecule has 0 fully saturated rings. The van der Waals surface area contributed by atoms with E-state index in [4.69, 9.17) is 27.3 Å². The molecule has 2 aromatic carbocycles. The normalized spacial score (nSPS) is 17.2. The molecule has 0 aliphatic carbocycles. The number of aliphatic imine (C=N–C) groups is 1. The monoisotopic (exact) mass is 438 g/mol. The van der Waals surface area contributed by atoms with Crippen LogP contribution in [0.3, 0.4) is 0 Å². The molecule has 3 aromatic rings. The molecule has 0 spiro atoms. The van der Waals surface area contributed by atoms with Crippen molar-refractivity contribution in [1.82, 2.24) is 20.1 Å². The van der Waals surface area contributed by atoms with Gasteiger partial charge >= 0.3 is 0 Å². The highest BCUT2D eigenvalue weighted by Crippen LogP contribution is 2.37. The van der Waals surface area contributed by atoms with Crippen molar-refractivity contribution >= 4 is 34.8 Å². The molecule has 2 heterocycles. The van der Waals surface area contributed by atoms with Crippen LogP contribution in [0.1, 0.15) is 44.6 Å². The lowest BCUT2D eigenvalue weighted by Gasteiger charge is -2.14. The molecule has 4 rings (SSSR count). The van der Waals surface area contributed by atoms with Crippen LogP contribution in [-0.2, 0) is 0 Å². The molecule has 1 amide bonds. The minimum Gasteiger partial charge on any atom is -0.352 e. The molecule has 10 heteroatoms. The Morgan fingerprint density at radius 2 is 1.93 bits per heavy atom. The van der Waals surface area contributed by atoms with E-state index in [0.717, 1.165) is 12.1 Å². The number of amides is 1. The van der Waals surface area contributed by atoms with Crippen LogP contribution in [0, 0.1) is 11.6 Å². The number of carbonyl (C=O) groups is 1. The van der Waals surface area contributed by atoms with Gasteiger partial charge in [0.2, 0.25) is 5.82 Å². The molecule has 1 aliphatic rings. The predicted octanol–water partition coefficient (Wildman–Crippen LogP) is 4.12. The van der Waals surface area contributed by atoms with Gasteiger partial charge in [0.05, 0.1) is 27.0 Å². The van der Waals surface area contributed by atoms with Crippen LogP contribution >= 0.6 is 23.2 Å². The lowest BCUT2D eigenvalue weighted by molar-refractivity contribution is 0.0953. The maximum Gasteiger partial charge on any atom is 0.290 e. The van der Waals surface area contributed by atoms with Crippen molar-refractivity contribution in [2.24, 2.45) is 4.99 Å². The smallest absolute Gasteiger partial charge is 0.290 e. The summed E-state index contributed by atoms with van der Waals surface area (Å²) in [5, 5.41) is 5.99. The number of nitrogens with zero attached hydrogens (tertiary/aromatic N) is 4. The molecular formula is C19H13Cl2F2N5O. The Balaban J connectivity index is 1.98. The van der Waals surface area contributed by atoms with Gasteiger partial charge in [-0.25, -0.2) is 18.4 Å². The SMILES string of the molecule is [2H]C([2H])([2H])NC(=O)c1nc2n(n1)-c1ccc(Cl)c(Cl)c1C(c1c(F)cccc1F)=N[C@H]2C. The van der Waals surface area contributed by atoms with E-state index in [0.29, 0.717) is 0 Å². The summed E-state index contributed by atoms with van der Waals surface area (Å²) in [5.41, 5.74) is -0.214. The lowest BCUT2D eigenvalue weighted by Crippen LogP contribution is -2.20. The summed E-state index contributed by atoms with van der Waals surface area (Å²) in [4.78, 5) is 20.8. The highest BCUT2D eigenvalue weighted by molar-refractivity contribution is 6.45. The van der Waals surface area contributed by atoms with Gasteiger partial charge in [-0.05, 0) is 31.2 Å². The maximum absolute atomic E-state index is 14.7. The van der Waals surface area contributed by atoms with Gasteiger partial charge in [-0.15, -0.1) is 5.10 Å². The molecule has 1 aromatic heterocycles. The van der Waals surface area contributed by atoms with E-state index in [1.54, 1.807) is 6.92 Å². The number of fused-ring (bicyclic) bond motifs is 3. The molecule has 148 valence electrons. The van der Waals surface area contributed by atoms with Crippen molar-refractivity contribution in [3.8, 4) is 5.69 Å². The largest absolute Gasteiger partial charge is 0.352 e. The third-order valence-electron chi connectivity index (χ3n) is 4.38. The van der Waals surface area contributed by atoms with Crippen LogP contribution < -0.4 is 5.32 Å². The molecule has 0 radical (unpaired) electrons. The number of hydrogen-bond acceptors (Lipinski definition) is 4. The Hall–Kier alpha value is -2.84. The van der Waals surface area contributed by atoms with Crippen LogP contribution in [0.5, 0.6) is 0 Å². The van der Waals surface area contributed by atoms with E-state index in [1.165, 1.54) is 22.9 Å². The molecule has 1 N–H and O–H groups in total. The number of halogens is 4. The third kappa shape index (κ3) is 3.08. The molecule has 0 saturated heterocycles. The van der Waals surface area contributed by atoms with Crippen LogP contribution in [-0.4, -0.2) is 33.4 Å². The first-order chi connectivity index (χ1) is 15.0. The minimum atomic E-state index is -2.74. The second kappa shape index (κ2) is 7.20. The Labute approximate surface area is 178 Å². The Morgan fingerprint density at radius 1 is 1.21 bits per heavy atom. The van der Waals surface area contributed by atoms with Gasteiger partial charge in [-0.3, -0.25) is 9.79 Å². The maximum atomic E-state index is 14.7. The van der Waals surface area contributed by atoms with Gasteiger partial charge in [0, 0.05) is 16.7 Å². The predicted molar refractivity (Wildman–Crippen MR) is 105 cm³/mol. The Morgan fingerprint density at radius 3 is 2.62 bits per heavy atom. The van der Waals surface area contributed by atoms with Crippen LogP contribution in [0.25, 0.3) is 5.69 Å². The molecule has 29 heavy (non-hydrogen) atoms. The third-order valence-corrected chi connectivity index (χ3v) is 5.19. The van der Waals surface area contributed by atoms with Crippen LogP contribution in [0.2, 0.25) is 10.0 Å². The van der Waals surface area contributed by atoms with Crippen molar-refractivity contribution in [1.29, 1.82) is 0 Å². The highest BCUT2D eigenvalue weighted by Gasteiger charge is 2.31. The zero-order valence-corrected chi connectivity index (χ0v) is 16.2. The first-order valence-corrected chi connectivity index (χ1v) is 9.04. The number of aromatic nitrogens is 3. The average Bonchev–Trinajstić information content (AvgIpc) is 3.09. The van der Waals surface area contributed by atoms with E-state index in [1.807, 2.05) is 5.32 Å². The molecule has 1 atom stereocenters. The van der Waals surface area contributed by atoms with Crippen LogP contribution in [0.15, 0.2) is 35.3 Å². The van der Waals surface area contributed by atoms with Crippen molar-refractivity contribution < 1.29 is 17.7 Å². The molecular weight excluding hydrogens is 423 g/mol. The van der Waals surface area contributed by atoms with Crippen molar-refractivity contribution in [3.05, 3.63) is 74.8 Å². The lowest BCUT2D eigenvalue weighted by atomic mass is 9.99. The molecule has 0 bridgehead atoms. The number of carbonyl (C=O) groups excluding carboxylic acids is 1. The molecule has 0 unspecified atom stereocenters. The fraction of sp³-hybridized carbons (Fsp3) is 0.158. The number of hydrogen-bond donors (Lipinski definition) is 1. The number of nitrogens with one attached hydrogen (secondary N) is 1. The van der Waals surface area contributed by atoms with Gasteiger partial charge < -0.3 is 5.32 Å². The van der Waals surface area contributed by atoms with Gasteiger partial charge in [0.1, 0.15) is 17.7 Å². The van der Waals surface area contributed by atoms with Crippen LogP contribution in [0.4, 0.5) is 8.78 Å². The second-order valence-electron chi connectivity index (χ2n) is 6.17. The topological polar surface area (TPSA) is 72.2 Å². The fourth-order valence-electron chi connectivity index (χ4n) is 3.10. The van der Waals surface area contributed by atoms with Gasteiger partial charge in [0.15, 0.2) is 5.82 Å². The average molecular weight is 439 g/mol. The van der Waals surface area contributed by atoms with E-state index in [-0.39, 0.29) is 32.8 Å². The summed E-state index contributed by atoms with van der Waals surface area (Å²) in [7, 11) is 0. The van der Waals surface area contributed by atoms with Crippen molar-refractivity contribution in [2.45, 2.75) is 13.0 Å². The number of rotatable bonds is 2. The molecule has 0 saturated carbocycles. The summed E-state index contributed by atoms with van der Waals surface area (Å²) in [6.07, 6.45) is 0. The summed E-state index contributed by atoms with van der Waals surface area (Å²) in [6.45, 7) is -1.17. The summed E-state index contributed by atoms with van der Waals surface area (Å²) < 4.78 is 52.1. The molecule has 6 nitrogen and oxygen atoms in total. The van der Waals surface area contributed by atoms with Gasteiger partial charge in [-0.2, -0.15) is 0 Å². The summed E-state index contributed by atoms with van der Waals surface area (Å²) in [5.74, 6) is -3.03. The van der Waals surface area contributed by atoms with Gasteiger partial charge in [-0.1, -0.05) is 29.3 Å². The van der Waals surface area contributed by atoms with E-state index >= 15 is 0 Å². The Kier molecular flexibility index (Phi) is 3.98. The van der Waals surface area contributed by atoms with E-state index in [9.17, 15) is 13.6 Å². The Bertz CT molecular complexity index is 1270. The van der Waals surface area contributed by atoms with Crippen molar-refractivity contribution in [3.63, 3.8) is 0 Å². The minimum absolute atomic E-state index is 0.0328. The zero-order chi connectivity index (χ0) is 23.4. The standard InChI is InChI=1S/C19H13Cl2F2N5O/c1-8-18-26-17(19(29)24-2)27-28(18)12-7-6-9(20)15(21)14(12)16(25-8)13-10(22)4-3-5-11(13)23/h3-8H,1-2H3,(H,24,29)/t8-/m0/s1/i2D3.